The third kappa shape index (κ3) is 30.7. The summed E-state index contributed by atoms with van der Waals surface area (Å²) in [6.07, 6.45) is 49.6. The van der Waals surface area contributed by atoms with E-state index in [-0.39, 0.29) is 23.4 Å². The average Bonchev–Trinajstić information content (AvgIpc) is 3.47. The van der Waals surface area contributed by atoms with Crippen LogP contribution in [-0.4, -0.2) is 11.9 Å². The van der Waals surface area contributed by atoms with E-state index >= 15 is 0 Å². The minimum Gasteiger partial charge on any atom is -0.462 e. The largest absolute Gasteiger partial charge is 0.462 e. The summed E-state index contributed by atoms with van der Waals surface area (Å²) in [7, 11) is 0. The quantitative estimate of drug-likeness (QED) is 0.0497. The molecule has 1 heterocycles. The summed E-state index contributed by atoms with van der Waals surface area (Å²) >= 11 is 0. The molecule has 0 unspecified atom stereocenters. The Morgan fingerprint density at radius 1 is 0.404 bits per heavy atom. The Labute approximate surface area is 322 Å². The molecule has 1 rings (SSSR count). The maximum atomic E-state index is 12.5. The Morgan fingerprint density at radius 3 is 0.942 bits per heavy atom. The van der Waals surface area contributed by atoms with Gasteiger partial charge in [-0.2, -0.15) is 0 Å². The van der Waals surface area contributed by atoms with Gasteiger partial charge in [-0.3, -0.25) is 9.59 Å². The highest BCUT2D eigenvalue weighted by molar-refractivity contribution is 5.76. The fraction of sp³-hybridized carbons (Fsp3) is 0.872. The minimum absolute atomic E-state index is 0.219. The molecule has 0 aliphatic heterocycles. The maximum Gasteiger partial charge on any atom is 0.311 e. The van der Waals surface area contributed by atoms with E-state index in [4.69, 9.17) is 13.9 Å². The van der Waals surface area contributed by atoms with Crippen LogP contribution in [0, 0.1) is 6.92 Å². The number of aryl methyl sites for hydroxylation is 1. The van der Waals surface area contributed by atoms with E-state index in [2.05, 4.69) is 13.8 Å². The van der Waals surface area contributed by atoms with Gasteiger partial charge in [0.1, 0.15) is 12.0 Å². The van der Waals surface area contributed by atoms with E-state index < -0.39 is 0 Å². The van der Waals surface area contributed by atoms with Gasteiger partial charge in [-0.1, -0.05) is 232 Å². The number of unbranched alkanes of at least 4 members (excludes halogenated alkanes) is 34. The molecule has 1 aromatic heterocycles. The molecule has 0 fully saturated rings. The van der Waals surface area contributed by atoms with Gasteiger partial charge in [0.05, 0.1) is 0 Å². The molecule has 304 valence electrons. The van der Waals surface area contributed by atoms with Crippen molar-refractivity contribution in [2.45, 2.75) is 265 Å². The van der Waals surface area contributed by atoms with E-state index in [1.807, 2.05) is 0 Å². The molecule has 5 nitrogen and oxygen atoms in total. The maximum absolute atomic E-state index is 12.5. The van der Waals surface area contributed by atoms with Crippen molar-refractivity contribution in [3.63, 3.8) is 0 Å². The van der Waals surface area contributed by atoms with Crippen LogP contribution < -0.4 is 9.47 Å². The van der Waals surface area contributed by atoms with Gasteiger partial charge in [0.25, 0.3) is 0 Å². The molecule has 52 heavy (non-hydrogen) atoms. The number of carbonyl (C=O) groups excluding carboxylic acids is 2. The molecule has 1 aromatic rings. The van der Waals surface area contributed by atoms with Gasteiger partial charge in [0, 0.05) is 12.8 Å². The van der Waals surface area contributed by atoms with Crippen molar-refractivity contribution in [3.05, 3.63) is 12.0 Å². The summed E-state index contributed by atoms with van der Waals surface area (Å²) in [5.74, 6) is 0.344. The number of esters is 2. The lowest BCUT2D eigenvalue weighted by Gasteiger charge is -2.07. The van der Waals surface area contributed by atoms with Gasteiger partial charge in [-0.05, 0) is 19.8 Å². The molecule has 0 N–H and O–H groups in total. The Hall–Kier alpha value is -1.78. The summed E-state index contributed by atoms with van der Waals surface area (Å²) in [6, 6.07) is 0. The van der Waals surface area contributed by atoms with Crippen molar-refractivity contribution in [3.8, 4) is 11.5 Å². The van der Waals surface area contributed by atoms with Crippen molar-refractivity contribution >= 4 is 11.9 Å². The van der Waals surface area contributed by atoms with Gasteiger partial charge in [-0.15, -0.1) is 0 Å². The summed E-state index contributed by atoms with van der Waals surface area (Å²) < 4.78 is 16.5. The van der Waals surface area contributed by atoms with Gasteiger partial charge >= 0.3 is 11.9 Å². The van der Waals surface area contributed by atoms with Crippen molar-refractivity contribution in [2.75, 3.05) is 0 Å². The number of furan rings is 1. The van der Waals surface area contributed by atoms with E-state index in [1.54, 1.807) is 6.92 Å². The number of hydrogen-bond acceptors (Lipinski definition) is 5. The highest BCUT2D eigenvalue weighted by Gasteiger charge is 2.19. The summed E-state index contributed by atoms with van der Waals surface area (Å²) in [4.78, 5) is 25.0. The number of carbonyl (C=O) groups is 2. The fourth-order valence-corrected chi connectivity index (χ4v) is 7.30. The van der Waals surface area contributed by atoms with Crippen LogP contribution in [0.5, 0.6) is 11.5 Å². The first-order valence-corrected chi connectivity index (χ1v) is 23.1. The van der Waals surface area contributed by atoms with Crippen LogP contribution in [0.15, 0.2) is 10.7 Å². The molecule has 0 spiro atoms. The second-order valence-corrected chi connectivity index (χ2v) is 16.0. The Bertz CT molecular complexity index is 921. The van der Waals surface area contributed by atoms with Crippen molar-refractivity contribution in [1.29, 1.82) is 0 Å². The van der Waals surface area contributed by atoms with E-state index in [0.717, 1.165) is 25.7 Å². The smallest absolute Gasteiger partial charge is 0.311 e. The molecule has 0 bridgehead atoms. The van der Waals surface area contributed by atoms with Gasteiger partial charge in [0.2, 0.25) is 11.5 Å². The Morgan fingerprint density at radius 2 is 0.654 bits per heavy atom. The molecule has 0 atom stereocenters. The first-order chi connectivity index (χ1) is 25.6. The summed E-state index contributed by atoms with van der Waals surface area (Å²) in [5.41, 5.74) is 0. The monoisotopic (exact) mass is 731 g/mol. The van der Waals surface area contributed by atoms with Crippen LogP contribution in [0.3, 0.4) is 0 Å². The van der Waals surface area contributed by atoms with E-state index in [1.165, 1.54) is 212 Å². The van der Waals surface area contributed by atoms with Gasteiger partial charge < -0.3 is 13.9 Å². The zero-order valence-electron chi connectivity index (χ0n) is 35.0. The molecule has 0 amide bonds. The first-order valence-electron chi connectivity index (χ1n) is 23.1. The van der Waals surface area contributed by atoms with Crippen molar-refractivity contribution in [1.82, 2.24) is 0 Å². The topological polar surface area (TPSA) is 65.7 Å². The predicted molar refractivity (Wildman–Crippen MR) is 222 cm³/mol. The van der Waals surface area contributed by atoms with Crippen LogP contribution in [0.25, 0.3) is 0 Å². The fourth-order valence-electron chi connectivity index (χ4n) is 7.30. The van der Waals surface area contributed by atoms with Gasteiger partial charge in [0.15, 0.2) is 0 Å². The standard InChI is InChI=1S/C47H86O5/c1-4-6-8-10-12-14-16-18-20-22-24-26-28-30-32-34-36-38-40-45(48)51-44-42-50-43(3)47(44)52-46(49)41-39-37-35-33-31-29-27-25-23-21-19-17-15-13-11-9-7-5-2/h42H,4-41H2,1-3H3. The molecule has 0 radical (unpaired) electrons. The summed E-state index contributed by atoms with van der Waals surface area (Å²) in [6.45, 7) is 6.30. The van der Waals surface area contributed by atoms with Gasteiger partial charge in [-0.25, -0.2) is 0 Å². The van der Waals surface area contributed by atoms with Crippen LogP contribution in [0.4, 0.5) is 0 Å². The third-order valence-corrected chi connectivity index (χ3v) is 10.8. The SMILES string of the molecule is CCCCCCCCCCCCCCCCCCCCC(=O)Oc1coc(C)c1OC(=O)CCCCCCCCCCCCCCCCCCCC. The predicted octanol–water partition coefficient (Wildman–Crippen LogP) is 16.3. The minimum atomic E-state index is -0.293. The highest BCUT2D eigenvalue weighted by atomic mass is 16.6. The third-order valence-electron chi connectivity index (χ3n) is 10.8. The lowest BCUT2D eigenvalue weighted by molar-refractivity contribution is -0.137. The zero-order chi connectivity index (χ0) is 37.6. The second-order valence-electron chi connectivity index (χ2n) is 16.0. The molecular weight excluding hydrogens is 645 g/mol. The average molecular weight is 731 g/mol. The Kier molecular flexibility index (Phi) is 34.8. The van der Waals surface area contributed by atoms with E-state index in [9.17, 15) is 9.59 Å². The highest BCUT2D eigenvalue weighted by Crippen LogP contribution is 2.34. The van der Waals surface area contributed by atoms with Crippen molar-refractivity contribution in [2.24, 2.45) is 0 Å². The molecular formula is C47H86O5. The second kappa shape index (κ2) is 37.5. The lowest BCUT2D eigenvalue weighted by atomic mass is 10.0. The number of hydrogen-bond donors (Lipinski definition) is 0. The zero-order valence-corrected chi connectivity index (χ0v) is 35.0. The lowest BCUT2D eigenvalue weighted by Crippen LogP contribution is -2.11. The molecule has 0 aromatic carbocycles. The molecule has 0 saturated heterocycles. The summed E-state index contributed by atoms with van der Waals surface area (Å²) in [5, 5.41) is 0. The molecule has 0 aliphatic carbocycles. The molecule has 0 aliphatic rings. The number of rotatable bonds is 40. The first kappa shape index (κ1) is 48.2. The molecule has 5 heteroatoms. The van der Waals surface area contributed by atoms with E-state index in [0.29, 0.717) is 18.6 Å². The van der Waals surface area contributed by atoms with Crippen molar-refractivity contribution < 1.29 is 23.5 Å². The van der Waals surface area contributed by atoms with Crippen LogP contribution >= 0.6 is 0 Å². The normalized spacial score (nSPS) is 11.4. The molecule has 0 saturated carbocycles. The van der Waals surface area contributed by atoms with Crippen LogP contribution in [-0.2, 0) is 9.59 Å². The number of ether oxygens (including phenoxy) is 2. The van der Waals surface area contributed by atoms with Crippen LogP contribution in [0.1, 0.15) is 264 Å². The Balaban J connectivity index is 1.95. The van der Waals surface area contributed by atoms with Crippen LogP contribution in [0.2, 0.25) is 0 Å².